The average Bonchev–Trinajstić information content (AvgIpc) is 3.30. The highest BCUT2D eigenvalue weighted by atomic mass is 19.3. The molecule has 3 unspecified atom stereocenters. The number of para-hydroxylation sites is 1. The van der Waals surface area contributed by atoms with Gasteiger partial charge in [-0.15, -0.1) is 0 Å². The smallest absolute Gasteiger partial charge is 0.362 e. The van der Waals surface area contributed by atoms with Gasteiger partial charge >= 0.3 is 5.97 Å². The fourth-order valence-electron chi connectivity index (χ4n) is 4.32. The lowest BCUT2D eigenvalue weighted by molar-refractivity contribution is -0.0435. The summed E-state index contributed by atoms with van der Waals surface area (Å²) in [6.45, 7) is 3.75. The van der Waals surface area contributed by atoms with E-state index in [0.29, 0.717) is 22.6 Å². The largest absolute Gasteiger partial charge is 0.491 e. The maximum absolute atomic E-state index is 13.2. The summed E-state index contributed by atoms with van der Waals surface area (Å²) in [5.41, 5.74) is 1.67. The zero-order valence-corrected chi connectivity index (χ0v) is 19.0. The number of nitrogens with zero attached hydrogens (tertiary/aromatic N) is 2. The van der Waals surface area contributed by atoms with E-state index in [1.54, 1.807) is 55.1 Å². The highest BCUT2D eigenvalue weighted by molar-refractivity contribution is 6.02. The molecule has 178 valence electrons. The third-order valence-electron chi connectivity index (χ3n) is 6.18. The second-order valence-corrected chi connectivity index (χ2v) is 8.69. The molecule has 0 saturated carbocycles. The van der Waals surface area contributed by atoms with Gasteiger partial charge in [0.05, 0.1) is 5.92 Å². The maximum Gasteiger partial charge on any atom is 0.362 e. The topological polar surface area (TPSA) is 92.6 Å². The molecule has 1 N–H and O–H groups in total. The standard InChI is InChI=1S/C25H25F2N3O4/c1-14-20(22(14)33-13-25(3,26)27)18(11-28)15(2)30-12-19-17(23(30)31)9-10-29-21(19)24(32)34-16-7-5-4-6-8-16/h4-11,15,18,20,28H,12-13H2,1-3H3. The summed E-state index contributed by atoms with van der Waals surface area (Å²) in [4.78, 5) is 31.7. The lowest BCUT2D eigenvalue weighted by Gasteiger charge is -2.30. The highest BCUT2D eigenvalue weighted by Gasteiger charge is 2.47. The Morgan fingerprint density at radius 1 is 1.32 bits per heavy atom. The van der Waals surface area contributed by atoms with Crippen LogP contribution in [0, 0.1) is 17.2 Å². The number of nitrogens with one attached hydrogen (secondary N) is 1. The van der Waals surface area contributed by atoms with E-state index in [0.717, 1.165) is 12.5 Å². The van der Waals surface area contributed by atoms with Crippen molar-refractivity contribution < 1.29 is 27.8 Å². The number of halogens is 2. The van der Waals surface area contributed by atoms with Gasteiger partial charge in [-0.2, -0.15) is 0 Å². The molecule has 34 heavy (non-hydrogen) atoms. The lowest BCUT2D eigenvalue weighted by atomic mass is 9.92. The van der Waals surface area contributed by atoms with E-state index in [1.807, 2.05) is 0 Å². The Morgan fingerprint density at radius 2 is 2.03 bits per heavy atom. The van der Waals surface area contributed by atoms with Crippen LogP contribution in [0.4, 0.5) is 8.78 Å². The number of alkyl halides is 2. The first-order valence-electron chi connectivity index (χ1n) is 10.9. The van der Waals surface area contributed by atoms with Gasteiger partial charge in [0.2, 0.25) is 0 Å². The van der Waals surface area contributed by atoms with Crippen LogP contribution in [0.3, 0.4) is 0 Å². The first kappa shape index (κ1) is 23.5. The van der Waals surface area contributed by atoms with Crippen molar-refractivity contribution in [3.63, 3.8) is 0 Å². The molecule has 3 atom stereocenters. The minimum absolute atomic E-state index is 0.0609. The number of amides is 1. The normalized spacial score (nSPS) is 18.9. The molecule has 4 rings (SSSR count). The van der Waals surface area contributed by atoms with Crippen LogP contribution in [-0.4, -0.2) is 46.5 Å². The fraction of sp³-hybridized carbons (Fsp3) is 0.360. The van der Waals surface area contributed by atoms with Gasteiger partial charge in [-0.3, -0.25) is 4.79 Å². The van der Waals surface area contributed by atoms with Crippen molar-refractivity contribution in [1.82, 2.24) is 9.88 Å². The summed E-state index contributed by atoms with van der Waals surface area (Å²) in [5, 5.41) is 7.94. The minimum Gasteiger partial charge on any atom is -0.491 e. The molecule has 2 aliphatic rings. The zero-order chi connectivity index (χ0) is 24.6. The Morgan fingerprint density at radius 3 is 2.68 bits per heavy atom. The van der Waals surface area contributed by atoms with Crippen LogP contribution in [-0.2, 0) is 11.3 Å². The summed E-state index contributed by atoms with van der Waals surface area (Å²) < 4.78 is 37.1. The molecule has 1 amide bonds. The number of aromatic nitrogens is 1. The first-order valence-corrected chi connectivity index (χ1v) is 10.9. The summed E-state index contributed by atoms with van der Waals surface area (Å²) in [5.74, 6) is -3.86. The Bertz CT molecular complexity index is 1160. The van der Waals surface area contributed by atoms with E-state index in [-0.39, 0.29) is 24.1 Å². The van der Waals surface area contributed by atoms with Crippen molar-refractivity contribution >= 4 is 18.1 Å². The van der Waals surface area contributed by atoms with Gasteiger partial charge in [0.25, 0.3) is 11.8 Å². The Balaban J connectivity index is 1.50. The molecule has 7 nitrogen and oxygen atoms in total. The van der Waals surface area contributed by atoms with E-state index < -0.39 is 30.5 Å². The van der Waals surface area contributed by atoms with Crippen LogP contribution in [0.5, 0.6) is 5.75 Å². The van der Waals surface area contributed by atoms with Crippen LogP contribution in [0.2, 0.25) is 0 Å². The van der Waals surface area contributed by atoms with E-state index in [1.165, 1.54) is 12.4 Å². The highest BCUT2D eigenvalue weighted by Crippen LogP contribution is 2.47. The SMILES string of the molecule is CC1=C(OCC(C)(F)F)C1C(C=N)C(C)N1Cc2c(ccnc2C(=O)Oc2ccccc2)C1=O. The summed E-state index contributed by atoms with van der Waals surface area (Å²) in [7, 11) is 0. The zero-order valence-electron chi connectivity index (χ0n) is 19.0. The summed E-state index contributed by atoms with van der Waals surface area (Å²) >= 11 is 0. The van der Waals surface area contributed by atoms with Crippen LogP contribution in [0.25, 0.3) is 0 Å². The minimum atomic E-state index is -2.96. The molecule has 2 aromatic rings. The van der Waals surface area contributed by atoms with Gasteiger partial charge in [-0.1, -0.05) is 18.2 Å². The van der Waals surface area contributed by atoms with Crippen LogP contribution in [0.15, 0.2) is 53.9 Å². The van der Waals surface area contributed by atoms with Crippen LogP contribution >= 0.6 is 0 Å². The van der Waals surface area contributed by atoms with Gasteiger partial charge in [0.15, 0.2) is 12.3 Å². The molecule has 1 aliphatic heterocycles. The fourth-order valence-corrected chi connectivity index (χ4v) is 4.32. The summed E-state index contributed by atoms with van der Waals surface area (Å²) in [6, 6.07) is 9.68. The third kappa shape index (κ3) is 4.55. The molecular weight excluding hydrogens is 444 g/mol. The molecular formula is C25H25F2N3O4. The van der Waals surface area contributed by atoms with Crippen molar-refractivity contribution in [1.29, 1.82) is 5.41 Å². The maximum atomic E-state index is 13.2. The van der Waals surface area contributed by atoms with Crippen molar-refractivity contribution in [2.45, 2.75) is 39.3 Å². The van der Waals surface area contributed by atoms with E-state index in [9.17, 15) is 18.4 Å². The molecule has 2 heterocycles. The van der Waals surface area contributed by atoms with Gasteiger partial charge in [0, 0.05) is 49.0 Å². The van der Waals surface area contributed by atoms with Crippen molar-refractivity contribution in [2.75, 3.05) is 6.61 Å². The molecule has 1 aromatic carbocycles. The molecule has 0 radical (unpaired) electrons. The number of fused-ring (bicyclic) bond motifs is 1. The molecule has 1 aromatic heterocycles. The molecule has 1 aliphatic carbocycles. The molecule has 0 saturated heterocycles. The van der Waals surface area contributed by atoms with Gasteiger partial charge in [-0.05, 0) is 37.6 Å². The number of allylic oxidation sites excluding steroid dienone is 2. The van der Waals surface area contributed by atoms with Crippen molar-refractivity contribution in [3.05, 3.63) is 70.7 Å². The van der Waals surface area contributed by atoms with Gasteiger partial charge in [0.1, 0.15) is 11.5 Å². The second kappa shape index (κ2) is 8.96. The van der Waals surface area contributed by atoms with E-state index in [2.05, 4.69) is 4.98 Å². The number of carbonyl (C=O) groups is 2. The van der Waals surface area contributed by atoms with Crippen LogP contribution < -0.4 is 4.74 Å². The van der Waals surface area contributed by atoms with E-state index in [4.69, 9.17) is 14.9 Å². The number of pyridine rings is 1. The van der Waals surface area contributed by atoms with Crippen molar-refractivity contribution in [3.8, 4) is 5.75 Å². The van der Waals surface area contributed by atoms with E-state index >= 15 is 0 Å². The van der Waals surface area contributed by atoms with Gasteiger partial charge < -0.3 is 19.8 Å². The van der Waals surface area contributed by atoms with Gasteiger partial charge in [-0.25, -0.2) is 18.6 Å². The molecule has 9 heteroatoms. The first-order chi connectivity index (χ1) is 16.1. The Hall–Kier alpha value is -3.62. The number of hydrogen-bond acceptors (Lipinski definition) is 6. The lowest BCUT2D eigenvalue weighted by Crippen LogP contribution is -2.41. The quantitative estimate of drug-likeness (QED) is 0.332. The predicted octanol–water partition coefficient (Wildman–Crippen LogP) is 4.49. The number of benzene rings is 1. The number of hydrogen-bond donors (Lipinski definition) is 1. The van der Waals surface area contributed by atoms with Crippen molar-refractivity contribution in [2.24, 2.45) is 11.8 Å². The molecule has 0 spiro atoms. The Kier molecular flexibility index (Phi) is 6.20. The summed E-state index contributed by atoms with van der Waals surface area (Å²) in [6.07, 6.45) is 2.61. The number of esters is 1. The average molecular weight is 469 g/mol. The third-order valence-corrected chi connectivity index (χ3v) is 6.18. The monoisotopic (exact) mass is 469 g/mol. The number of ether oxygens (including phenoxy) is 2. The van der Waals surface area contributed by atoms with Crippen LogP contribution in [0.1, 0.15) is 47.2 Å². The second-order valence-electron chi connectivity index (χ2n) is 8.69. The number of rotatable bonds is 9. The molecule has 0 bridgehead atoms. The Labute approximate surface area is 195 Å². The molecule has 0 fully saturated rings. The predicted molar refractivity (Wildman–Crippen MR) is 120 cm³/mol. The number of carbonyl (C=O) groups excluding carboxylic acids is 2.